The number of rotatable bonds is 63. The van der Waals surface area contributed by atoms with Crippen LogP contribution in [0.25, 0.3) is 0 Å². The third-order valence-electron chi connectivity index (χ3n) is 15.8. The highest BCUT2D eigenvalue weighted by Crippen LogP contribution is 2.19. The van der Waals surface area contributed by atoms with E-state index in [1.807, 2.05) is 0 Å². The molecule has 0 spiro atoms. The Morgan fingerprint density at radius 2 is 0.644 bits per heavy atom. The van der Waals surface area contributed by atoms with Gasteiger partial charge in [-0.05, 0) is 51.4 Å². The van der Waals surface area contributed by atoms with Gasteiger partial charge in [-0.1, -0.05) is 328 Å². The molecule has 0 aromatic carbocycles. The highest BCUT2D eigenvalue weighted by molar-refractivity contribution is 5.76. The van der Waals surface area contributed by atoms with Gasteiger partial charge < -0.3 is 20.3 Å². The van der Waals surface area contributed by atoms with Crippen LogP contribution in [0, 0.1) is 0 Å². The molecule has 1 amide bonds. The van der Waals surface area contributed by atoms with Gasteiger partial charge in [0.1, 0.15) is 0 Å². The highest BCUT2D eigenvalue weighted by atomic mass is 16.5. The summed E-state index contributed by atoms with van der Waals surface area (Å²) in [6, 6.07) is -0.536. The number of ether oxygens (including phenoxy) is 1. The molecule has 0 aromatic rings. The predicted molar refractivity (Wildman–Crippen MR) is 320 cm³/mol. The van der Waals surface area contributed by atoms with Crippen molar-refractivity contribution in [2.45, 2.75) is 392 Å². The second kappa shape index (κ2) is 63.1. The molecule has 0 saturated heterocycles. The summed E-state index contributed by atoms with van der Waals surface area (Å²) in [6.07, 6.45) is 77.0. The average molecular weight is 1030 g/mol. The molecule has 434 valence electrons. The first-order valence-corrected chi connectivity index (χ1v) is 33.4. The van der Waals surface area contributed by atoms with Gasteiger partial charge in [-0.3, -0.25) is 9.59 Å². The molecule has 2 atom stereocenters. The zero-order valence-corrected chi connectivity index (χ0v) is 49.6. The van der Waals surface area contributed by atoms with Crippen LogP contribution in [0.2, 0.25) is 0 Å². The molecule has 0 radical (unpaired) electrons. The summed E-state index contributed by atoms with van der Waals surface area (Å²) in [4.78, 5) is 24.5. The summed E-state index contributed by atoms with van der Waals surface area (Å²) in [5, 5.41) is 23.1. The van der Waals surface area contributed by atoms with Crippen molar-refractivity contribution in [1.82, 2.24) is 5.32 Å². The maximum Gasteiger partial charge on any atom is 0.305 e. The number of allylic oxidation sites excluding steroid dienone is 2. The monoisotopic (exact) mass is 1030 g/mol. The topological polar surface area (TPSA) is 95.9 Å². The molecule has 0 aliphatic carbocycles. The van der Waals surface area contributed by atoms with Crippen LogP contribution in [-0.4, -0.2) is 47.4 Å². The van der Waals surface area contributed by atoms with Crippen LogP contribution in [0.4, 0.5) is 0 Å². The number of aliphatic hydroxyl groups excluding tert-OH is 2. The van der Waals surface area contributed by atoms with Crippen LogP contribution in [0.1, 0.15) is 380 Å². The Morgan fingerprint density at radius 3 is 0.973 bits per heavy atom. The number of carbonyl (C=O) groups excluding carboxylic acids is 2. The van der Waals surface area contributed by atoms with Crippen LogP contribution in [-0.2, 0) is 14.3 Å². The quantitative estimate of drug-likeness (QED) is 0.0320. The van der Waals surface area contributed by atoms with Crippen molar-refractivity contribution >= 4 is 11.9 Å². The van der Waals surface area contributed by atoms with E-state index >= 15 is 0 Å². The Labute approximate surface area is 457 Å². The summed E-state index contributed by atoms with van der Waals surface area (Å²) in [5.74, 6) is -0.0109. The maximum absolute atomic E-state index is 12.4. The zero-order valence-electron chi connectivity index (χ0n) is 49.6. The molecule has 2 unspecified atom stereocenters. The van der Waals surface area contributed by atoms with Crippen LogP contribution in [0.5, 0.6) is 0 Å². The van der Waals surface area contributed by atoms with Crippen molar-refractivity contribution in [3.05, 3.63) is 12.2 Å². The first-order chi connectivity index (χ1) is 36.0. The number of aliphatic hydroxyl groups is 2. The molecular formula is C67H131NO5. The molecule has 0 aliphatic heterocycles. The molecule has 73 heavy (non-hydrogen) atoms. The molecule has 0 heterocycles. The number of amides is 1. The van der Waals surface area contributed by atoms with Gasteiger partial charge in [0.05, 0.1) is 25.4 Å². The molecule has 0 rings (SSSR count). The van der Waals surface area contributed by atoms with E-state index in [2.05, 4.69) is 31.3 Å². The first kappa shape index (κ1) is 71.6. The van der Waals surface area contributed by atoms with Gasteiger partial charge in [0.2, 0.25) is 5.91 Å². The van der Waals surface area contributed by atoms with E-state index in [1.165, 1.54) is 308 Å². The minimum absolute atomic E-state index is 0.0215. The molecule has 0 bridgehead atoms. The number of hydrogen-bond acceptors (Lipinski definition) is 5. The van der Waals surface area contributed by atoms with E-state index in [4.69, 9.17) is 4.74 Å². The van der Waals surface area contributed by atoms with Crippen molar-refractivity contribution in [3.8, 4) is 0 Å². The lowest BCUT2D eigenvalue weighted by Crippen LogP contribution is -2.45. The smallest absolute Gasteiger partial charge is 0.305 e. The summed E-state index contributed by atoms with van der Waals surface area (Å²) in [5.41, 5.74) is 0. The number of hydrogen-bond donors (Lipinski definition) is 3. The van der Waals surface area contributed by atoms with E-state index < -0.39 is 12.1 Å². The van der Waals surface area contributed by atoms with Crippen molar-refractivity contribution in [1.29, 1.82) is 0 Å². The second-order valence-electron chi connectivity index (χ2n) is 23.2. The fraction of sp³-hybridized carbons (Fsp3) is 0.940. The predicted octanol–water partition coefficient (Wildman–Crippen LogP) is 21.2. The lowest BCUT2D eigenvalue weighted by Gasteiger charge is -2.22. The lowest BCUT2D eigenvalue weighted by atomic mass is 10.0. The van der Waals surface area contributed by atoms with E-state index in [9.17, 15) is 19.8 Å². The Hall–Kier alpha value is -1.40. The lowest BCUT2D eigenvalue weighted by molar-refractivity contribution is -0.143. The Balaban J connectivity index is 3.30. The second-order valence-corrected chi connectivity index (χ2v) is 23.2. The average Bonchev–Trinajstić information content (AvgIpc) is 3.39. The number of esters is 1. The van der Waals surface area contributed by atoms with Crippen molar-refractivity contribution < 1.29 is 24.5 Å². The van der Waals surface area contributed by atoms with Crippen molar-refractivity contribution in [3.63, 3.8) is 0 Å². The SMILES string of the molecule is CCCCCCCCCCCCCCCCC(=O)OCCCCCCCCCCCCCC/C=C\CCCCCCCCCCCCCCCCCCCC(=O)NC(CO)C(O)CCCCCCCCCCC. The van der Waals surface area contributed by atoms with Gasteiger partial charge in [0, 0.05) is 12.8 Å². The molecule has 0 aromatic heterocycles. The van der Waals surface area contributed by atoms with E-state index in [0.29, 0.717) is 25.9 Å². The fourth-order valence-corrected chi connectivity index (χ4v) is 10.7. The van der Waals surface area contributed by atoms with Crippen molar-refractivity contribution in [2.75, 3.05) is 13.2 Å². The van der Waals surface area contributed by atoms with E-state index in [0.717, 1.165) is 38.5 Å². The highest BCUT2D eigenvalue weighted by Gasteiger charge is 2.20. The molecule has 6 heteroatoms. The Morgan fingerprint density at radius 1 is 0.370 bits per heavy atom. The summed E-state index contributed by atoms with van der Waals surface area (Å²) in [6.45, 7) is 4.96. The van der Waals surface area contributed by atoms with Crippen LogP contribution >= 0.6 is 0 Å². The number of carbonyl (C=O) groups is 2. The zero-order chi connectivity index (χ0) is 52.9. The Bertz CT molecular complexity index is 1100. The van der Waals surface area contributed by atoms with Gasteiger partial charge in [-0.15, -0.1) is 0 Å². The molecule has 0 fully saturated rings. The largest absolute Gasteiger partial charge is 0.466 e. The van der Waals surface area contributed by atoms with Gasteiger partial charge in [-0.25, -0.2) is 0 Å². The number of unbranched alkanes of at least 4 members (excludes halogenated alkanes) is 50. The minimum atomic E-state index is -0.659. The summed E-state index contributed by atoms with van der Waals surface area (Å²) < 4.78 is 5.49. The van der Waals surface area contributed by atoms with Gasteiger partial charge >= 0.3 is 5.97 Å². The fourth-order valence-electron chi connectivity index (χ4n) is 10.7. The standard InChI is InChI=1S/C67H131NO5/c1-3-5-7-9-11-13-14-15-38-41-45-49-53-57-61-67(72)73-62-58-54-50-46-42-39-36-34-32-30-28-26-24-22-20-18-16-17-19-21-23-25-27-29-31-33-35-37-40-44-48-52-56-60-66(71)68-64(63-69)65(70)59-55-51-47-43-12-10-8-6-4-2/h20,22,64-65,69-70H,3-19,21,23-63H2,1-2H3,(H,68,71)/b22-20-. The van der Waals surface area contributed by atoms with E-state index in [1.54, 1.807) is 0 Å². The molecule has 6 nitrogen and oxygen atoms in total. The van der Waals surface area contributed by atoms with E-state index in [-0.39, 0.29) is 18.5 Å². The minimum Gasteiger partial charge on any atom is -0.466 e. The normalized spacial score (nSPS) is 12.5. The van der Waals surface area contributed by atoms with Gasteiger partial charge in [0.15, 0.2) is 0 Å². The third-order valence-corrected chi connectivity index (χ3v) is 15.8. The Kier molecular flexibility index (Phi) is 61.9. The van der Waals surface area contributed by atoms with Gasteiger partial charge in [-0.2, -0.15) is 0 Å². The molecular weight excluding hydrogens is 899 g/mol. The molecule has 3 N–H and O–H groups in total. The molecule has 0 aliphatic rings. The van der Waals surface area contributed by atoms with Crippen LogP contribution in [0.3, 0.4) is 0 Å². The first-order valence-electron chi connectivity index (χ1n) is 33.4. The van der Waals surface area contributed by atoms with Gasteiger partial charge in [0.25, 0.3) is 0 Å². The van der Waals surface area contributed by atoms with Crippen LogP contribution < -0.4 is 5.32 Å². The number of nitrogens with one attached hydrogen (secondary N) is 1. The van der Waals surface area contributed by atoms with Crippen molar-refractivity contribution in [2.24, 2.45) is 0 Å². The third kappa shape index (κ3) is 59.7. The summed E-state index contributed by atoms with van der Waals surface area (Å²) >= 11 is 0. The molecule has 0 saturated carbocycles. The summed E-state index contributed by atoms with van der Waals surface area (Å²) in [7, 11) is 0. The van der Waals surface area contributed by atoms with Crippen LogP contribution in [0.15, 0.2) is 12.2 Å². The maximum atomic E-state index is 12.4.